The van der Waals surface area contributed by atoms with Crippen LogP contribution in [0.4, 0.5) is 13.2 Å². The van der Waals surface area contributed by atoms with Gasteiger partial charge in [-0.05, 0) is 118 Å². The molecule has 0 radical (unpaired) electrons. The molecule has 9 atom stereocenters. The first-order valence-corrected chi connectivity index (χ1v) is 12.8. The highest BCUT2D eigenvalue weighted by Crippen LogP contribution is 2.67. The molecular formula is C27H43F3O2. The van der Waals surface area contributed by atoms with Crippen molar-refractivity contribution >= 4 is 0 Å². The molecule has 3 fully saturated rings. The van der Waals surface area contributed by atoms with Crippen molar-refractivity contribution in [3.63, 3.8) is 0 Å². The number of hydrogen-bond donors (Lipinski definition) is 2. The molecule has 0 aromatic carbocycles. The van der Waals surface area contributed by atoms with Crippen LogP contribution in [0, 0.1) is 40.4 Å². The van der Waals surface area contributed by atoms with Crippen LogP contribution in [0.3, 0.4) is 0 Å². The van der Waals surface area contributed by atoms with Crippen molar-refractivity contribution in [2.24, 2.45) is 40.4 Å². The van der Waals surface area contributed by atoms with Crippen LogP contribution < -0.4 is 0 Å². The van der Waals surface area contributed by atoms with E-state index < -0.39 is 17.4 Å². The predicted molar refractivity (Wildman–Crippen MR) is 121 cm³/mol. The van der Waals surface area contributed by atoms with Gasteiger partial charge in [-0.2, -0.15) is 13.2 Å². The monoisotopic (exact) mass is 456 g/mol. The zero-order valence-corrected chi connectivity index (χ0v) is 20.6. The van der Waals surface area contributed by atoms with Crippen molar-refractivity contribution in [1.29, 1.82) is 0 Å². The summed E-state index contributed by atoms with van der Waals surface area (Å²) in [6.07, 6.45) is 6.59. The van der Waals surface area contributed by atoms with E-state index in [0.29, 0.717) is 30.1 Å². The third-order valence-electron chi connectivity index (χ3n) is 10.8. The van der Waals surface area contributed by atoms with Gasteiger partial charge >= 0.3 is 6.18 Å². The maximum Gasteiger partial charge on any atom is 0.416 e. The molecule has 0 amide bonds. The fourth-order valence-corrected chi connectivity index (χ4v) is 8.53. The van der Waals surface area contributed by atoms with Gasteiger partial charge in [-0.15, -0.1) is 0 Å². The van der Waals surface area contributed by atoms with Gasteiger partial charge in [0.2, 0.25) is 0 Å². The van der Waals surface area contributed by atoms with Gasteiger partial charge < -0.3 is 10.2 Å². The van der Waals surface area contributed by atoms with E-state index in [-0.39, 0.29) is 23.2 Å². The average molecular weight is 457 g/mol. The zero-order valence-electron chi connectivity index (χ0n) is 20.6. The molecule has 0 bridgehead atoms. The molecule has 0 aromatic heterocycles. The highest BCUT2D eigenvalue weighted by atomic mass is 19.4. The largest absolute Gasteiger partial charge is 0.416 e. The summed E-state index contributed by atoms with van der Waals surface area (Å²) in [5, 5.41) is 20.6. The minimum atomic E-state index is -4.57. The molecular weight excluding hydrogens is 413 g/mol. The Labute approximate surface area is 192 Å². The quantitative estimate of drug-likeness (QED) is 0.445. The average Bonchev–Trinajstić information content (AvgIpc) is 3.03. The molecule has 0 spiro atoms. The van der Waals surface area contributed by atoms with E-state index in [0.717, 1.165) is 39.0 Å². The molecule has 0 aliphatic heterocycles. The second kappa shape index (κ2) is 7.73. The van der Waals surface area contributed by atoms with E-state index in [9.17, 15) is 23.4 Å². The number of hydrogen-bond acceptors (Lipinski definition) is 2. The third kappa shape index (κ3) is 3.87. The number of halogens is 3. The fraction of sp³-hybridized carbons (Fsp3) is 0.926. The summed E-state index contributed by atoms with van der Waals surface area (Å²) in [4.78, 5) is 0. The molecule has 184 valence electrons. The van der Waals surface area contributed by atoms with Crippen LogP contribution in [-0.2, 0) is 0 Å². The van der Waals surface area contributed by atoms with Crippen LogP contribution >= 0.6 is 0 Å². The molecule has 0 aromatic rings. The first-order chi connectivity index (χ1) is 14.6. The van der Waals surface area contributed by atoms with E-state index in [1.165, 1.54) is 19.3 Å². The summed E-state index contributed by atoms with van der Waals surface area (Å²) in [7, 11) is 0. The first kappa shape index (κ1) is 24.6. The minimum absolute atomic E-state index is 0.140. The Morgan fingerprint density at radius 1 is 1.09 bits per heavy atom. The van der Waals surface area contributed by atoms with E-state index >= 15 is 0 Å². The van der Waals surface area contributed by atoms with Crippen LogP contribution in [0.2, 0.25) is 0 Å². The zero-order chi connectivity index (χ0) is 23.7. The van der Waals surface area contributed by atoms with Crippen LogP contribution in [0.15, 0.2) is 11.6 Å². The lowest BCUT2D eigenvalue weighted by atomic mass is 9.47. The lowest BCUT2D eigenvalue weighted by Crippen LogP contribution is -2.51. The number of rotatable bonds is 4. The summed E-state index contributed by atoms with van der Waals surface area (Å²) in [6, 6.07) is 0. The number of aliphatic hydroxyl groups is 2. The number of fused-ring (bicyclic) bond motifs is 5. The highest BCUT2D eigenvalue weighted by molar-refractivity contribution is 5.29. The summed E-state index contributed by atoms with van der Waals surface area (Å²) in [6.45, 7) is 9.83. The van der Waals surface area contributed by atoms with Crippen LogP contribution in [0.25, 0.3) is 0 Å². The Kier molecular flexibility index (Phi) is 5.94. The van der Waals surface area contributed by atoms with Gasteiger partial charge in [0.15, 0.2) is 5.60 Å². The SMILES string of the molecule is C[C@H](CC[C@](C)(O)C(F)(F)F)[C@H]1CC[C@H]2[C@@H]3CC[C@H]4C[C@@](C)(O)CC[C@]4(C)C3=CC[C@]12C. The Morgan fingerprint density at radius 2 is 1.78 bits per heavy atom. The maximum atomic E-state index is 13.1. The van der Waals surface area contributed by atoms with E-state index in [2.05, 4.69) is 26.8 Å². The molecule has 0 unspecified atom stereocenters. The molecule has 3 saturated carbocycles. The lowest BCUT2D eigenvalue weighted by Gasteiger charge is -2.58. The Bertz CT molecular complexity index is 754. The fourth-order valence-electron chi connectivity index (χ4n) is 8.53. The standard InChI is InChI=1S/C27H43F3O2/c1-17(10-13-26(5,32)27(28,29)30)20-8-9-21-19-7-6-18-16-23(2,31)14-15-24(18,3)22(19)11-12-25(20,21)4/h11,17-21,31-32H,6-10,12-16H2,1-5H3/t17-,18+,19+,20-,21+,23+,24+,25-,26+/m1/s1. The van der Waals surface area contributed by atoms with Gasteiger partial charge in [0.05, 0.1) is 5.60 Å². The Morgan fingerprint density at radius 3 is 2.44 bits per heavy atom. The van der Waals surface area contributed by atoms with Crippen molar-refractivity contribution in [2.75, 3.05) is 0 Å². The van der Waals surface area contributed by atoms with Gasteiger partial charge in [-0.25, -0.2) is 0 Å². The van der Waals surface area contributed by atoms with Crippen molar-refractivity contribution in [1.82, 2.24) is 0 Å². The second-order valence-electron chi connectivity index (χ2n) is 12.9. The predicted octanol–water partition coefficient (Wildman–Crippen LogP) is 7.05. The van der Waals surface area contributed by atoms with Gasteiger partial charge in [0.1, 0.15) is 0 Å². The van der Waals surface area contributed by atoms with Crippen molar-refractivity contribution in [3.8, 4) is 0 Å². The molecule has 0 saturated heterocycles. The molecule has 4 aliphatic carbocycles. The molecule has 5 heteroatoms. The summed E-state index contributed by atoms with van der Waals surface area (Å²) in [5.41, 5.74) is -1.16. The van der Waals surface area contributed by atoms with E-state index in [4.69, 9.17) is 0 Å². The third-order valence-corrected chi connectivity index (χ3v) is 10.8. The van der Waals surface area contributed by atoms with Gasteiger partial charge in [0, 0.05) is 0 Å². The lowest BCUT2D eigenvalue weighted by molar-refractivity contribution is -0.256. The first-order valence-electron chi connectivity index (χ1n) is 12.8. The van der Waals surface area contributed by atoms with Crippen molar-refractivity contribution < 1.29 is 23.4 Å². The molecule has 0 heterocycles. The van der Waals surface area contributed by atoms with Gasteiger partial charge in [-0.1, -0.05) is 32.4 Å². The van der Waals surface area contributed by atoms with Crippen LogP contribution in [-0.4, -0.2) is 27.6 Å². The minimum Gasteiger partial charge on any atom is -0.390 e. The second-order valence-corrected chi connectivity index (χ2v) is 12.9. The Balaban J connectivity index is 1.51. The Hall–Kier alpha value is -0.550. The van der Waals surface area contributed by atoms with Crippen molar-refractivity contribution in [2.45, 2.75) is 116 Å². The highest BCUT2D eigenvalue weighted by Gasteiger charge is 2.59. The topological polar surface area (TPSA) is 40.5 Å². The molecule has 4 aliphatic rings. The number of alkyl halides is 3. The summed E-state index contributed by atoms with van der Waals surface area (Å²) < 4.78 is 39.4. The van der Waals surface area contributed by atoms with Crippen molar-refractivity contribution in [3.05, 3.63) is 11.6 Å². The molecule has 4 rings (SSSR count). The summed E-state index contributed by atoms with van der Waals surface area (Å²) >= 11 is 0. The smallest absolute Gasteiger partial charge is 0.390 e. The van der Waals surface area contributed by atoms with E-state index in [1.807, 2.05) is 6.92 Å². The van der Waals surface area contributed by atoms with Crippen LogP contribution in [0.1, 0.15) is 98.8 Å². The van der Waals surface area contributed by atoms with E-state index in [1.54, 1.807) is 5.57 Å². The molecule has 2 nitrogen and oxygen atoms in total. The maximum absolute atomic E-state index is 13.1. The van der Waals surface area contributed by atoms with Gasteiger partial charge in [0.25, 0.3) is 0 Å². The van der Waals surface area contributed by atoms with Crippen LogP contribution in [0.5, 0.6) is 0 Å². The molecule has 2 N–H and O–H groups in total. The summed E-state index contributed by atoms with van der Waals surface area (Å²) in [5.74, 6) is 2.34. The molecule has 32 heavy (non-hydrogen) atoms. The number of allylic oxidation sites excluding steroid dienone is 2. The normalized spacial score (nSPS) is 47.0. The van der Waals surface area contributed by atoms with Gasteiger partial charge in [-0.3, -0.25) is 0 Å².